The van der Waals surface area contributed by atoms with Crippen molar-refractivity contribution in [3.8, 4) is 5.75 Å². The van der Waals surface area contributed by atoms with Crippen molar-refractivity contribution in [2.24, 2.45) is 5.73 Å². The van der Waals surface area contributed by atoms with Crippen molar-refractivity contribution in [2.75, 3.05) is 7.11 Å². The first kappa shape index (κ1) is 12.9. The lowest BCUT2D eigenvalue weighted by Gasteiger charge is -2.07. The molecule has 7 heteroatoms. The number of nitrogens with two attached hydrogens (primary N) is 1. The molecule has 1 atom stereocenters. The Balaban J connectivity index is 3.00. The number of nitrogens with zero attached hydrogens (tertiary/aromatic N) is 1. The molecule has 1 rings (SSSR count). The van der Waals surface area contributed by atoms with Gasteiger partial charge in [-0.1, -0.05) is 6.07 Å². The molecule has 0 unspecified atom stereocenters. The van der Waals surface area contributed by atoms with Gasteiger partial charge in [0.05, 0.1) is 12.0 Å². The van der Waals surface area contributed by atoms with Crippen molar-refractivity contribution >= 4 is 11.7 Å². The normalized spacial score (nSPS) is 11.9. The zero-order valence-electron chi connectivity index (χ0n) is 9.12. The minimum Gasteiger partial charge on any atom is -0.490 e. The Bertz CT molecular complexity index is 446. The molecule has 0 aromatic heterocycles. The summed E-state index contributed by atoms with van der Waals surface area (Å²) in [6, 6.07) is 3.15. The van der Waals surface area contributed by atoms with Crippen LogP contribution in [0.3, 0.4) is 0 Å². The zero-order valence-corrected chi connectivity index (χ0v) is 9.12. The van der Waals surface area contributed by atoms with Crippen molar-refractivity contribution in [3.05, 3.63) is 33.9 Å². The van der Waals surface area contributed by atoms with Crippen LogP contribution in [-0.2, 0) is 11.2 Å². The number of hydrogen-bond acceptors (Lipinski definition) is 5. The van der Waals surface area contributed by atoms with Crippen LogP contribution in [0.2, 0.25) is 0 Å². The monoisotopic (exact) mass is 240 g/mol. The van der Waals surface area contributed by atoms with Crippen LogP contribution >= 0.6 is 0 Å². The summed E-state index contributed by atoms with van der Waals surface area (Å²) < 4.78 is 4.82. The van der Waals surface area contributed by atoms with Gasteiger partial charge in [0.25, 0.3) is 0 Å². The molecule has 7 nitrogen and oxygen atoms in total. The summed E-state index contributed by atoms with van der Waals surface area (Å²) in [5.74, 6) is -1.02. The third kappa shape index (κ3) is 3.15. The highest BCUT2D eigenvalue weighted by Crippen LogP contribution is 2.27. The molecule has 0 radical (unpaired) electrons. The van der Waals surface area contributed by atoms with Gasteiger partial charge in [-0.2, -0.15) is 0 Å². The molecule has 0 heterocycles. The summed E-state index contributed by atoms with van der Waals surface area (Å²) in [5.41, 5.74) is 5.62. The minimum absolute atomic E-state index is 0.0279. The lowest BCUT2D eigenvalue weighted by Crippen LogP contribution is -2.32. The Hall–Kier alpha value is -2.15. The molecule has 0 amide bonds. The van der Waals surface area contributed by atoms with Gasteiger partial charge in [-0.05, 0) is 18.1 Å². The van der Waals surface area contributed by atoms with Gasteiger partial charge in [-0.3, -0.25) is 14.9 Å². The standard InChI is InChI=1S/C10H12N2O5/c1-17-9-3-2-6(4-7(11)10(13)14)5-8(9)12(15)16/h2-3,5,7H,4,11H2,1H3,(H,13,14)/t7-/m1/s1. The van der Waals surface area contributed by atoms with Gasteiger partial charge in [-0.25, -0.2) is 0 Å². The van der Waals surface area contributed by atoms with Crippen molar-refractivity contribution in [3.63, 3.8) is 0 Å². The number of hydrogen-bond donors (Lipinski definition) is 2. The number of rotatable bonds is 5. The predicted octanol–water partition coefficient (Wildman–Crippen LogP) is 0.558. The number of carboxylic acid groups (broad SMARTS) is 1. The van der Waals surface area contributed by atoms with E-state index in [0.717, 1.165) is 0 Å². The van der Waals surface area contributed by atoms with Gasteiger partial charge in [0, 0.05) is 6.07 Å². The lowest BCUT2D eigenvalue weighted by atomic mass is 10.1. The van der Waals surface area contributed by atoms with E-state index >= 15 is 0 Å². The topological polar surface area (TPSA) is 116 Å². The first-order valence-corrected chi connectivity index (χ1v) is 4.75. The molecule has 0 spiro atoms. The molecule has 0 fully saturated rings. The second-order valence-electron chi connectivity index (χ2n) is 3.41. The van der Waals surface area contributed by atoms with Crippen LogP contribution < -0.4 is 10.5 Å². The molecule has 1 aromatic rings. The number of methoxy groups -OCH3 is 1. The van der Waals surface area contributed by atoms with Crippen LogP contribution in [0.1, 0.15) is 5.56 Å². The number of nitro groups is 1. The molecule has 0 saturated carbocycles. The van der Waals surface area contributed by atoms with Gasteiger partial charge < -0.3 is 15.6 Å². The number of carboxylic acids is 1. The Morgan fingerprint density at radius 1 is 1.65 bits per heavy atom. The van der Waals surface area contributed by atoms with Gasteiger partial charge in [-0.15, -0.1) is 0 Å². The molecule has 0 aliphatic heterocycles. The van der Waals surface area contributed by atoms with E-state index in [2.05, 4.69) is 0 Å². The summed E-state index contributed by atoms with van der Waals surface area (Å²) in [6.45, 7) is 0. The minimum atomic E-state index is -1.15. The third-order valence-electron chi connectivity index (χ3n) is 2.21. The molecule has 17 heavy (non-hydrogen) atoms. The van der Waals surface area contributed by atoms with Gasteiger partial charge >= 0.3 is 11.7 Å². The molecular formula is C10H12N2O5. The highest BCUT2D eigenvalue weighted by molar-refractivity contribution is 5.73. The number of ether oxygens (including phenoxy) is 1. The molecule has 0 bridgehead atoms. The summed E-state index contributed by atoms with van der Waals surface area (Å²) in [5, 5.41) is 19.4. The molecule has 3 N–H and O–H groups in total. The molecule has 92 valence electrons. The van der Waals surface area contributed by atoms with Crippen molar-refractivity contribution in [2.45, 2.75) is 12.5 Å². The van der Waals surface area contributed by atoms with E-state index in [1.165, 1.54) is 19.2 Å². The van der Waals surface area contributed by atoms with Crippen molar-refractivity contribution in [1.82, 2.24) is 0 Å². The summed E-state index contributed by atoms with van der Waals surface area (Å²) in [7, 11) is 1.32. The Labute approximate surface area is 97.0 Å². The van der Waals surface area contributed by atoms with E-state index in [0.29, 0.717) is 5.56 Å². The van der Waals surface area contributed by atoms with Crippen LogP contribution in [0, 0.1) is 10.1 Å². The number of carbonyl (C=O) groups is 1. The number of aliphatic carboxylic acids is 1. The maximum atomic E-state index is 10.7. The first-order valence-electron chi connectivity index (χ1n) is 4.75. The lowest BCUT2D eigenvalue weighted by molar-refractivity contribution is -0.385. The van der Waals surface area contributed by atoms with Gasteiger partial charge in [0.1, 0.15) is 6.04 Å². The largest absolute Gasteiger partial charge is 0.490 e. The van der Waals surface area contributed by atoms with Gasteiger partial charge in [0.15, 0.2) is 5.75 Å². The Morgan fingerprint density at radius 2 is 2.29 bits per heavy atom. The average molecular weight is 240 g/mol. The molecule has 0 aliphatic carbocycles. The molecule has 1 aromatic carbocycles. The molecule has 0 saturated heterocycles. The maximum Gasteiger partial charge on any atom is 0.320 e. The SMILES string of the molecule is COc1ccc(C[C@@H](N)C(=O)O)cc1[N+](=O)[O-]. The van der Waals surface area contributed by atoms with Crippen LogP contribution in [0.5, 0.6) is 5.75 Å². The first-order chi connectivity index (χ1) is 7.95. The Morgan fingerprint density at radius 3 is 2.76 bits per heavy atom. The smallest absolute Gasteiger partial charge is 0.320 e. The van der Waals surface area contributed by atoms with Crippen LogP contribution in [0.15, 0.2) is 18.2 Å². The van der Waals surface area contributed by atoms with Gasteiger partial charge in [0.2, 0.25) is 0 Å². The zero-order chi connectivity index (χ0) is 13.0. The third-order valence-corrected chi connectivity index (χ3v) is 2.21. The molecule has 0 aliphatic rings. The number of benzene rings is 1. The summed E-state index contributed by atoms with van der Waals surface area (Å²) in [6.07, 6.45) is 0.0279. The van der Waals surface area contributed by atoms with E-state index < -0.39 is 16.9 Å². The number of nitro benzene ring substituents is 1. The van der Waals surface area contributed by atoms with E-state index in [1.54, 1.807) is 6.07 Å². The average Bonchev–Trinajstić information content (AvgIpc) is 2.28. The summed E-state index contributed by atoms with van der Waals surface area (Å²) in [4.78, 5) is 20.7. The van der Waals surface area contributed by atoms with E-state index in [1.807, 2.05) is 0 Å². The van der Waals surface area contributed by atoms with Crippen molar-refractivity contribution < 1.29 is 19.6 Å². The predicted molar refractivity (Wildman–Crippen MR) is 59.0 cm³/mol. The van der Waals surface area contributed by atoms with E-state index in [-0.39, 0.29) is 17.9 Å². The van der Waals surface area contributed by atoms with E-state index in [9.17, 15) is 14.9 Å². The fraction of sp³-hybridized carbons (Fsp3) is 0.300. The highest BCUT2D eigenvalue weighted by Gasteiger charge is 2.18. The van der Waals surface area contributed by atoms with E-state index in [4.69, 9.17) is 15.6 Å². The van der Waals surface area contributed by atoms with Crippen LogP contribution in [-0.4, -0.2) is 29.2 Å². The van der Waals surface area contributed by atoms with Crippen molar-refractivity contribution in [1.29, 1.82) is 0 Å². The fourth-order valence-electron chi connectivity index (χ4n) is 1.35. The highest BCUT2D eigenvalue weighted by atomic mass is 16.6. The quantitative estimate of drug-likeness (QED) is 0.573. The van der Waals surface area contributed by atoms with Crippen LogP contribution in [0.4, 0.5) is 5.69 Å². The second kappa shape index (κ2) is 5.26. The fourth-order valence-corrected chi connectivity index (χ4v) is 1.35. The Kier molecular flexibility index (Phi) is 4.00. The molecular weight excluding hydrogens is 228 g/mol. The summed E-state index contributed by atoms with van der Waals surface area (Å²) >= 11 is 0. The maximum absolute atomic E-state index is 10.7. The second-order valence-corrected chi connectivity index (χ2v) is 3.41. The van der Waals surface area contributed by atoms with Crippen LogP contribution in [0.25, 0.3) is 0 Å².